The first kappa shape index (κ1) is 28.3. The van der Waals surface area contributed by atoms with E-state index in [1.165, 1.54) is 19.2 Å². The number of ether oxygens (including phenoxy) is 3. The molecule has 5 rings (SSSR count). The number of unbranched alkanes of at least 4 members (excludes halogenated alkanes) is 3. The standard InChI is InChI=1S/C32H30N4O6/c1-3-4-5-12-17-26(37)33-21-18-22(20-25(19-21)40-2)36-31(38)27-28(32(36)39)35-30(42-24-15-10-7-11-16-24)29(34-27)41-23-13-8-6-9-14-23/h6-11,13-16,18-20H,3-5,12,17H2,1-2H3,(H,33,37). The number of para-hydroxylation sites is 2. The summed E-state index contributed by atoms with van der Waals surface area (Å²) in [5, 5.41) is 2.84. The average Bonchev–Trinajstić information content (AvgIpc) is 3.24. The van der Waals surface area contributed by atoms with Crippen molar-refractivity contribution in [2.75, 3.05) is 17.3 Å². The molecule has 42 heavy (non-hydrogen) atoms. The van der Waals surface area contributed by atoms with E-state index in [2.05, 4.69) is 22.2 Å². The van der Waals surface area contributed by atoms with Gasteiger partial charge in [-0.05, 0) is 36.8 Å². The van der Waals surface area contributed by atoms with Gasteiger partial charge in [-0.15, -0.1) is 0 Å². The van der Waals surface area contributed by atoms with Crippen LogP contribution in [-0.4, -0.2) is 34.8 Å². The summed E-state index contributed by atoms with van der Waals surface area (Å²) in [4.78, 5) is 49.5. The number of benzene rings is 3. The summed E-state index contributed by atoms with van der Waals surface area (Å²) in [7, 11) is 1.46. The zero-order valence-corrected chi connectivity index (χ0v) is 23.3. The van der Waals surface area contributed by atoms with E-state index in [0.717, 1.165) is 30.6 Å². The second-order valence-electron chi connectivity index (χ2n) is 9.59. The van der Waals surface area contributed by atoms with Crippen LogP contribution in [0.4, 0.5) is 11.4 Å². The number of carbonyl (C=O) groups is 3. The Morgan fingerprint density at radius 2 is 1.33 bits per heavy atom. The predicted octanol–water partition coefficient (Wildman–Crippen LogP) is 6.78. The van der Waals surface area contributed by atoms with Gasteiger partial charge in [-0.25, -0.2) is 14.9 Å². The molecule has 1 N–H and O–H groups in total. The second-order valence-corrected chi connectivity index (χ2v) is 9.59. The second kappa shape index (κ2) is 12.9. The number of methoxy groups -OCH3 is 1. The lowest BCUT2D eigenvalue weighted by atomic mass is 10.1. The molecule has 3 amide bonds. The molecule has 0 aliphatic carbocycles. The molecule has 2 heterocycles. The van der Waals surface area contributed by atoms with Gasteiger partial charge in [-0.3, -0.25) is 14.4 Å². The van der Waals surface area contributed by atoms with Crippen LogP contribution in [0.5, 0.6) is 29.0 Å². The monoisotopic (exact) mass is 566 g/mol. The van der Waals surface area contributed by atoms with Gasteiger partial charge in [0.2, 0.25) is 5.91 Å². The van der Waals surface area contributed by atoms with Crippen LogP contribution in [0.25, 0.3) is 0 Å². The first-order valence-corrected chi connectivity index (χ1v) is 13.7. The topological polar surface area (TPSA) is 120 Å². The fraction of sp³-hybridized carbons (Fsp3) is 0.219. The van der Waals surface area contributed by atoms with E-state index in [0.29, 0.717) is 29.4 Å². The van der Waals surface area contributed by atoms with Crippen molar-refractivity contribution in [3.8, 4) is 29.0 Å². The zero-order valence-electron chi connectivity index (χ0n) is 23.3. The van der Waals surface area contributed by atoms with Crippen molar-refractivity contribution in [3.63, 3.8) is 0 Å². The van der Waals surface area contributed by atoms with Crippen LogP contribution in [0.2, 0.25) is 0 Å². The molecule has 4 aromatic rings. The lowest BCUT2D eigenvalue weighted by Gasteiger charge is -2.16. The molecule has 10 heteroatoms. The van der Waals surface area contributed by atoms with Crippen molar-refractivity contribution < 1.29 is 28.6 Å². The minimum atomic E-state index is -0.697. The van der Waals surface area contributed by atoms with Gasteiger partial charge in [0.05, 0.1) is 12.8 Å². The molecule has 1 aliphatic rings. The van der Waals surface area contributed by atoms with Crippen molar-refractivity contribution in [1.82, 2.24) is 9.97 Å². The molecule has 0 saturated heterocycles. The summed E-state index contributed by atoms with van der Waals surface area (Å²) in [5.74, 6) is -0.466. The summed E-state index contributed by atoms with van der Waals surface area (Å²) < 4.78 is 17.3. The number of imide groups is 1. The quantitative estimate of drug-likeness (QED) is 0.147. The molecule has 0 spiro atoms. The number of nitrogens with one attached hydrogen (secondary N) is 1. The van der Waals surface area contributed by atoms with Crippen molar-refractivity contribution in [2.24, 2.45) is 0 Å². The van der Waals surface area contributed by atoms with E-state index >= 15 is 0 Å². The Hall–Kier alpha value is -5.25. The number of aromatic nitrogens is 2. The minimum Gasteiger partial charge on any atom is -0.497 e. The molecule has 0 radical (unpaired) electrons. The fourth-order valence-electron chi connectivity index (χ4n) is 4.41. The highest BCUT2D eigenvalue weighted by Gasteiger charge is 2.42. The molecule has 0 fully saturated rings. The summed E-state index contributed by atoms with van der Waals surface area (Å²) in [5.41, 5.74) is 0.219. The first-order chi connectivity index (χ1) is 20.5. The van der Waals surface area contributed by atoms with Crippen LogP contribution >= 0.6 is 0 Å². The van der Waals surface area contributed by atoms with Crippen molar-refractivity contribution >= 4 is 29.1 Å². The Labute approximate surface area is 243 Å². The Kier molecular flexibility index (Phi) is 8.72. The Bertz CT molecular complexity index is 1510. The highest BCUT2D eigenvalue weighted by Crippen LogP contribution is 2.37. The lowest BCUT2D eigenvalue weighted by molar-refractivity contribution is -0.116. The van der Waals surface area contributed by atoms with Crippen molar-refractivity contribution in [2.45, 2.75) is 39.0 Å². The molecule has 0 bridgehead atoms. The van der Waals surface area contributed by atoms with Gasteiger partial charge < -0.3 is 19.5 Å². The van der Waals surface area contributed by atoms with E-state index in [1.807, 2.05) is 12.1 Å². The third kappa shape index (κ3) is 6.38. The van der Waals surface area contributed by atoms with Gasteiger partial charge in [0.1, 0.15) is 17.2 Å². The largest absolute Gasteiger partial charge is 0.497 e. The Balaban J connectivity index is 1.47. The number of nitrogens with zero attached hydrogens (tertiary/aromatic N) is 3. The predicted molar refractivity (Wildman–Crippen MR) is 157 cm³/mol. The maximum Gasteiger partial charge on any atom is 0.286 e. The maximum atomic E-state index is 13.6. The minimum absolute atomic E-state index is 0.0755. The maximum absolute atomic E-state index is 13.6. The average molecular weight is 567 g/mol. The number of fused-ring (bicyclic) bond motifs is 1. The summed E-state index contributed by atoms with van der Waals surface area (Å²) >= 11 is 0. The molecule has 1 aliphatic heterocycles. The van der Waals surface area contributed by atoms with E-state index in [4.69, 9.17) is 14.2 Å². The van der Waals surface area contributed by atoms with Crippen molar-refractivity contribution in [1.29, 1.82) is 0 Å². The van der Waals surface area contributed by atoms with Gasteiger partial charge in [0.15, 0.2) is 11.4 Å². The van der Waals surface area contributed by atoms with E-state index in [9.17, 15) is 14.4 Å². The third-order valence-electron chi connectivity index (χ3n) is 6.49. The molecular weight excluding hydrogens is 536 g/mol. The molecule has 0 unspecified atom stereocenters. The van der Waals surface area contributed by atoms with Crippen LogP contribution in [0, 0.1) is 0 Å². The number of hydrogen-bond donors (Lipinski definition) is 1. The molecule has 0 saturated carbocycles. The van der Waals surface area contributed by atoms with E-state index in [1.54, 1.807) is 54.6 Å². The SMILES string of the molecule is CCCCCCC(=O)Nc1cc(OC)cc(N2C(=O)c3nc(Oc4ccccc4)c(Oc4ccccc4)nc3C2=O)c1. The fourth-order valence-corrected chi connectivity index (χ4v) is 4.41. The van der Waals surface area contributed by atoms with Gasteiger partial charge in [-0.2, -0.15) is 0 Å². The summed E-state index contributed by atoms with van der Waals surface area (Å²) in [6.45, 7) is 2.11. The van der Waals surface area contributed by atoms with Crippen LogP contribution in [0.1, 0.15) is 60.0 Å². The molecular formula is C32H30N4O6. The lowest BCUT2D eigenvalue weighted by Crippen LogP contribution is -2.29. The number of rotatable bonds is 12. The summed E-state index contributed by atoms with van der Waals surface area (Å²) in [6, 6.07) is 22.4. The molecule has 3 aromatic carbocycles. The third-order valence-corrected chi connectivity index (χ3v) is 6.49. The van der Waals surface area contributed by atoms with E-state index in [-0.39, 0.29) is 34.7 Å². The number of carbonyl (C=O) groups excluding carboxylic acids is 3. The van der Waals surface area contributed by atoms with E-state index < -0.39 is 11.8 Å². The van der Waals surface area contributed by atoms with Crippen LogP contribution in [-0.2, 0) is 4.79 Å². The van der Waals surface area contributed by atoms with Crippen LogP contribution in [0.15, 0.2) is 78.9 Å². The van der Waals surface area contributed by atoms with Gasteiger partial charge >= 0.3 is 0 Å². The molecule has 0 atom stereocenters. The van der Waals surface area contributed by atoms with Crippen LogP contribution < -0.4 is 24.4 Å². The Morgan fingerprint density at radius 1 is 0.762 bits per heavy atom. The van der Waals surface area contributed by atoms with Gasteiger partial charge in [-0.1, -0.05) is 62.6 Å². The van der Waals surface area contributed by atoms with Gasteiger partial charge in [0, 0.05) is 24.2 Å². The van der Waals surface area contributed by atoms with Crippen LogP contribution in [0.3, 0.4) is 0 Å². The molecule has 214 valence electrons. The molecule has 10 nitrogen and oxygen atoms in total. The summed E-state index contributed by atoms with van der Waals surface area (Å²) in [6.07, 6.45) is 4.24. The highest BCUT2D eigenvalue weighted by atomic mass is 16.5. The number of amides is 3. The van der Waals surface area contributed by atoms with Crippen molar-refractivity contribution in [3.05, 3.63) is 90.3 Å². The molecule has 1 aromatic heterocycles. The number of hydrogen-bond acceptors (Lipinski definition) is 8. The number of anilines is 2. The smallest absolute Gasteiger partial charge is 0.286 e. The first-order valence-electron chi connectivity index (χ1n) is 13.7. The normalized spacial score (nSPS) is 12.2. The Morgan fingerprint density at radius 3 is 1.86 bits per heavy atom. The highest BCUT2D eigenvalue weighted by molar-refractivity contribution is 6.33. The van der Waals surface area contributed by atoms with Gasteiger partial charge in [0.25, 0.3) is 23.6 Å². The zero-order chi connectivity index (χ0) is 29.5.